The number of rotatable bonds is 5. The lowest BCUT2D eigenvalue weighted by molar-refractivity contribution is 0.0584. The van der Waals surface area contributed by atoms with Crippen molar-refractivity contribution in [2.45, 2.75) is 39.7 Å². The zero-order valence-corrected chi connectivity index (χ0v) is 14.8. The number of amides is 1. The molecule has 0 spiro atoms. The van der Waals surface area contributed by atoms with Crippen molar-refractivity contribution >= 4 is 17.5 Å². The van der Waals surface area contributed by atoms with Gasteiger partial charge in [0, 0.05) is 25.9 Å². The summed E-state index contributed by atoms with van der Waals surface area (Å²) >= 11 is 0. The van der Waals surface area contributed by atoms with Gasteiger partial charge in [0.2, 0.25) is 0 Å². The van der Waals surface area contributed by atoms with E-state index in [1.54, 1.807) is 12.0 Å². The Kier molecular flexibility index (Phi) is 5.52. The van der Waals surface area contributed by atoms with Crippen molar-refractivity contribution < 1.29 is 14.3 Å². The second-order valence-corrected chi connectivity index (χ2v) is 7.17. The number of anilines is 2. The number of nitrogens with zero attached hydrogens (tertiary/aromatic N) is 1. The van der Waals surface area contributed by atoms with Gasteiger partial charge in [-0.3, -0.25) is 4.90 Å². The van der Waals surface area contributed by atoms with Gasteiger partial charge >= 0.3 is 6.09 Å². The molecule has 0 aromatic heterocycles. The molecule has 1 amide bonds. The number of fused-ring (bicyclic) bond motifs is 1. The van der Waals surface area contributed by atoms with Crippen molar-refractivity contribution in [2.24, 2.45) is 5.92 Å². The molecule has 23 heavy (non-hydrogen) atoms. The van der Waals surface area contributed by atoms with Crippen LogP contribution in [0.2, 0.25) is 0 Å². The summed E-state index contributed by atoms with van der Waals surface area (Å²) in [6.45, 7) is 10.1. The van der Waals surface area contributed by atoms with Crippen molar-refractivity contribution in [3.05, 3.63) is 23.8 Å². The van der Waals surface area contributed by atoms with E-state index in [1.807, 2.05) is 32.9 Å². The summed E-state index contributed by atoms with van der Waals surface area (Å²) in [5, 5.41) is 3.43. The predicted octanol–water partition coefficient (Wildman–Crippen LogP) is 3.68. The van der Waals surface area contributed by atoms with Crippen LogP contribution >= 0.6 is 0 Å². The lowest BCUT2D eigenvalue weighted by atomic mass is 10.1. The Morgan fingerprint density at radius 1 is 1.39 bits per heavy atom. The quantitative estimate of drug-likeness (QED) is 0.899. The fourth-order valence-electron chi connectivity index (χ4n) is 2.65. The molecule has 1 N–H and O–H groups in total. The van der Waals surface area contributed by atoms with E-state index in [1.165, 1.54) is 5.56 Å². The third-order valence-electron chi connectivity index (χ3n) is 3.69. The van der Waals surface area contributed by atoms with Crippen molar-refractivity contribution in [3.8, 4) is 0 Å². The van der Waals surface area contributed by atoms with Crippen molar-refractivity contribution in [1.29, 1.82) is 0 Å². The molecule has 0 saturated heterocycles. The van der Waals surface area contributed by atoms with Gasteiger partial charge in [-0.1, -0.05) is 6.92 Å². The highest BCUT2D eigenvalue weighted by Gasteiger charge is 2.28. The Bertz CT molecular complexity index is 552. The van der Waals surface area contributed by atoms with Gasteiger partial charge in [-0.15, -0.1) is 0 Å². The number of ether oxygens (including phenoxy) is 2. The van der Waals surface area contributed by atoms with Gasteiger partial charge in [-0.05, 0) is 56.9 Å². The molecule has 0 saturated carbocycles. The summed E-state index contributed by atoms with van der Waals surface area (Å²) < 4.78 is 10.6. The maximum atomic E-state index is 12.3. The van der Waals surface area contributed by atoms with E-state index in [4.69, 9.17) is 9.47 Å². The summed E-state index contributed by atoms with van der Waals surface area (Å²) in [6.07, 6.45) is 0.586. The summed E-state index contributed by atoms with van der Waals surface area (Å²) in [7, 11) is 1.72. The van der Waals surface area contributed by atoms with Gasteiger partial charge in [0.1, 0.15) is 5.60 Å². The van der Waals surface area contributed by atoms with Gasteiger partial charge < -0.3 is 14.8 Å². The Morgan fingerprint density at radius 2 is 2.13 bits per heavy atom. The van der Waals surface area contributed by atoms with E-state index in [0.29, 0.717) is 12.5 Å². The number of nitrogens with one attached hydrogen (secondary N) is 1. The van der Waals surface area contributed by atoms with Gasteiger partial charge in [-0.25, -0.2) is 4.79 Å². The molecule has 1 aliphatic heterocycles. The highest BCUT2D eigenvalue weighted by atomic mass is 16.6. The van der Waals surface area contributed by atoms with Crippen molar-refractivity contribution in [3.63, 3.8) is 0 Å². The lowest BCUT2D eigenvalue weighted by Crippen LogP contribution is -2.35. The van der Waals surface area contributed by atoms with E-state index in [9.17, 15) is 4.79 Å². The SMILES string of the molecule is COCC(C)CNc1ccc2c(c1)CCN2C(=O)OC(C)(C)C. The molecule has 1 aromatic rings. The van der Waals surface area contributed by atoms with Crippen molar-refractivity contribution in [2.75, 3.05) is 37.0 Å². The normalized spacial score (nSPS) is 15.3. The van der Waals surface area contributed by atoms with E-state index < -0.39 is 5.60 Å². The predicted molar refractivity (Wildman–Crippen MR) is 93.3 cm³/mol. The van der Waals surface area contributed by atoms with Crippen LogP contribution in [0.15, 0.2) is 18.2 Å². The molecule has 5 heteroatoms. The molecule has 1 aromatic carbocycles. The second-order valence-electron chi connectivity index (χ2n) is 7.17. The van der Waals surface area contributed by atoms with Crippen LogP contribution in [-0.2, 0) is 15.9 Å². The number of carbonyl (C=O) groups excluding carboxylic acids is 1. The zero-order chi connectivity index (χ0) is 17.0. The molecule has 2 rings (SSSR count). The summed E-state index contributed by atoms with van der Waals surface area (Å²) in [5.74, 6) is 0.450. The molecule has 1 heterocycles. The first-order chi connectivity index (χ1) is 10.8. The Balaban J connectivity index is 2.01. The fraction of sp³-hybridized carbons (Fsp3) is 0.611. The van der Waals surface area contributed by atoms with Crippen LogP contribution in [-0.4, -0.2) is 38.5 Å². The first kappa shape index (κ1) is 17.6. The molecule has 1 aliphatic rings. The summed E-state index contributed by atoms with van der Waals surface area (Å²) in [6, 6.07) is 6.13. The average Bonchev–Trinajstić information content (AvgIpc) is 2.86. The second kappa shape index (κ2) is 7.21. The molecular formula is C18H28N2O3. The number of hydrogen-bond acceptors (Lipinski definition) is 4. The Labute approximate surface area is 139 Å². The number of carbonyl (C=O) groups is 1. The van der Waals surface area contributed by atoms with Gasteiger partial charge in [0.15, 0.2) is 0 Å². The molecule has 0 radical (unpaired) electrons. The minimum Gasteiger partial charge on any atom is -0.443 e. The van der Waals surface area contributed by atoms with Crippen LogP contribution in [0.1, 0.15) is 33.3 Å². The van der Waals surface area contributed by atoms with Gasteiger partial charge in [-0.2, -0.15) is 0 Å². The van der Waals surface area contributed by atoms with Crippen LogP contribution in [0.5, 0.6) is 0 Å². The number of methoxy groups -OCH3 is 1. The standard InChI is InChI=1S/C18H28N2O3/c1-13(12-22-5)11-19-15-6-7-16-14(10-15)8-9-20(16)17(21)23-18(2,3)4/h6-7,10,13,19H,8-9,11-12H2,1-5H3. The van der Waals surface area contributed by atoms with E-state index in [2.05, 4.69) is 18.3 Å². The molecule has 1 unspecified atom stereocenters. The molecule has 0 bridgehead atoms. The van der Waals surface area contributed by atoms with Gasteiger partial charge in [0.05, 0.1) is 12.3 Å². The van der Waals surface area contributed by atoms with E-state index in [0.717, 1.165) is 30.9 Å². The lowest BCUT2D eigenvalue weighted by Gasteiger charge is -2.24. The molecule has 0 fully saturated rings. The molecule has 0 aliphatic carbocycles. The minimum absolute atomic E-state index is 0.273. The number of benzene rings is 1. The summed E-state index contributed by atoms with van der Waals surface area (Å²) in [4.78, 5) is 14.0. The molecular weight excluding hydrogens is 292 g/mol. The van der Waals surface area contributed by atoms with Gasteiger partial charge in [0.25, 0.3) is 0 Å². The van der Waals surface area contributed by atoms with Crippen LogP contribution in [0.4, 0.5) is 16.2 Å². The zero-order valence-electron chi connectivity index (χ0n) is 14.8. The smallest absolute Gasteiger partial charge is 0.414 e. The topological polar surface area (TPSA) is 50.8 Å². The Hall–Kier alpha value is -1.75. The fourth-order valence-corrected chi connectivity index (χ4v) is 2.65. The molecule has 128 valence electrons. The third kappa shape index (κ3) is 4.86. The van der Waals surface area contributed by atoms with Crippen molar-refractivity contribution in [1.82, 2.24) is 0 Å². The monoisotopic (exact) mass is 320 g/mol. The highest BCUT2D eigenvalue weighted by Crippen LogP contribution is 2.31. The Morgan fingerprint density at radius 3 is 2.78 bits per heavy atom. The summed E-state index contributed by atoms with van der Waals surface area (Å²) in [5.41, 5.74) is 2.74. The van der Waals surface area contributed by atoms with Crippen LogP contribution < -0.4 is 10.2 Å². The molecule has 1 atom stereocenters. The van der Waals surface area contributed by atoms with Crippen LogP contribution in [0, 0.1) is 5.92 Å². The minimum atomic E-state index is -0.473. The van der Waals surface area contributed by atoms with E-state index >= 15 is 0 Å². The largest absolute Gasteiger partial charge is 0.443 e. The van der Waals surface area contributed by atoms with Crippen LogP contribution in [0.25, 0.3) is 0 Å². The maximum Gasteiger partial charge on any atom is 0.414 e. The van der Waals surface area contributed by atoms with Crippen LogP contribution in [0.3, 0.4) is 0 Å². The van der Waals surface area contributed by atoms with E-state index in [-0.39, 0.29) is 6.09 Å². The maximum absolute atomic E-state index is 12.3. The third-order valence-corrected chi connectivity index (χ3v) is 3.69. The highest BCUT2D eigenvalue weighted by molar-refractivity contribution is 5.91. The first-order valence-electron chi connectivity index (χ1n) is 8.16. The average molecular weight is 320 g/mol. The first-order valence-corrected chi connectivity index (χ1v) is 8.16. The number of hydrogen-bond donors (Lipinski definition) is 1. The molecule has 5 nitrogen and oxygen atoms in total.